The van der Waals surface area contributed by atoms with E-state index in [1.165, 1.54) is 12.1 Å². The fourth-order valence-corrected chi connectivity index (χ4v) is 4.27. The molecule has 1 aromatic carbocycles. The van der Waals surface area contributed by atoms with E-state index in [0.717, 1.165) is 5.56 Å². The molecule has 10 heteroatoms. The summed E-state index contributed by atoms with van der Waals surface area (Å²) in [7, 11) is 0. The van der Waals surface area contributed by atoms with E-state index in [1.807, 2.05) is 0 Å². The smallest absolute Gasteiger partial charge is 0.237 e. The van der Waals surface area contributed by atoms with Crippen LogP contribution in [0.5, 0.6) is 5.75 Å². The molecule has 1 aliphatic heterocycles. The van der Waals surface area contributed by atoms with Crippen molar-refractivity contribution >= 4 is 5.91 Å². The number of phenolic OH excluding ortho intramolecular Hbond substituents is 1. The van der Waals surface area contributed by atoms with Crippen molar-refractivity contribution in [2.24, 2.45) is 11.5 Å². The Morgan fingerprint density at radius 2 is 1.87 bits per heavy atom. The van der Waals surface area contributed by atoms with Crippen LogP contribution in [-0.4, -0.2) is 86.2 Å². The summed E-state index contributed by atoms with van der Waals surface area (Å²) in [5.74, 6) is -0.394. The molecule has 0 aromatic heterocycles. The van der Waals surface area contributed by atoms with Crippen molar-refractivity contribution in [3.05, 3.63) is 29.8 Å². The standard InChI is InChI=1S/C20H31N3O7/c21-12(7-10-1-3-11(24)4-2-10)19(29)23-13-8-16(22)20(18(28)17(13)27)6-5-14(25)15(26)9-30-20/h1-4,12-18,24-28H,5-9,21-22H2,(H,23,29)/t12-,13+,14+,15-,16-,17-,18+,20-/m0/s1. The van der Waals surface area contributed by atoms with Crippen LogP contribution in [0, 0.1) is 0 Å². The van der Waals surface area contributed by atoms with Gasteiger partial charge in [-0.25, -0.2) is 0 Å². The van der Waals surface area contributed by atoms with E-state index in [0.29, 0.717) is 0 Å². The first-order valence-electron chi connectivity index (χ1n) is 10.1. The first-order chi connectivity index (χ1) is 14.1. The van der Waals surface area contributed by atoms with E-state index < -0.39 is 54.0 Å². The van der Waals surface area contributed by atoms with Gasteiger partial charge in [-0.2, -0.15) is 0 Å². The summed E-state index contributed by atoms with van der Waals surface area (Å²) in [5, 5.41) is 53.1. The first-order valence-corrected chi connectivity index (χ1v) is 10.1. The van der Waals surface area contributed by atoms with Gasteiger partial charge in [0.05, 0.1) is 24.8 Å². The molecule has 1 aliphatic carbocycles. The van der Waals surface area contributed by atoms with Gasteiger partial charge in [0.15, 0.2) is 0 Å². The average molecular weight is 425 g/mol. The molecule has 1 aromatic rings. The zero-order chi connectivity index (χ0) is 22.1. The molecule has 8 atom stereocenters. The largest absolute Gasteiger partial charge is 0.508 e. The Balaban J connectivity index is 1.64. The maximum absolute atomic E-state index is 12.5. The molecule has 3 rings (SSSR count). The number of phenols is 1. The summed E-state index contributed by atoms with van der Waals surface area (Å²) in [5.41, 5.74) is 11.7. The third kappa shape index (κ3) is 4.59. The Labute approximate surface area is 174 Å². The van der Waals surface area contributed by atoms with Crippen molar-refractivity contribution in [2.75, 3.05) is 6.61 Å². The fraction of sp³-hybridized carbons (Fsp3) is 0.650. The zero-order valence-electron chi connectivity index (χ0n) is 16.6. The number of aliphatic hydroxyl groups is 4. The fourth-order valence-electron chi connectivity index (χ4n) is 4.27. The molecular weight excluding hydrogens is 394 g/mol. The maximum Gasteiger partial charge on any atom is 0.237 e. The normalized spacial score (nSPS) is 38.1. The molecule has 1 amide bonds. The number of ether oxygens (including phenoxy) is 1. The lowest BCUT2D eigenvalue weighted by molar-refractivity contribution is -0.202. The van der Waals surface area contributed by atoms with Crippen LogP contribution in [0.1, 0.15) is 24.8 Å². The van der Waals surface area contributed by atoms with Crippen LogP contribution < -0.4 is 16.8 Å². The van der Waals surface area contributed by atoms with Crippen LogP contribution in [-0.2, 0) is 16.0 Å². The SMILES string of the molecule is N[C@@H](Cc1ccc(O)cc1)C(=O)N[C@@H]1C[C@H](N)[C@@]2(CC[C@@H](O)[C@@H](O)CO2)[C@H](O)[C@H]1O. The predicted octanol–water partition coefficient (Wildman–Crippen LogP) is -2.53. The number of rotatable bonds is 4. The third-order valence-corrected chi connectivity index (χ3v) is 6.23. The third-order valence-electron chi connectivity index (χ3n) is 6.23. The second kappa shape index (κ2) is 9.15. The molecule has 0 unspecified atom stereocenters. The van der Waals surface area contributed by atoms with Gasteiger partial charge in [0, 0.05) is 6.04 Å². The van der Waals surface area contributed by atoms with Gasteiger partial charge in [-0.15, -0.1) is 0 Å². The van der Waals surface area contributed by atoms with Gasteiger partial charge in [-0.3, -0.25) is 4.79 Å². The quantitative estimate of drug-likeness (QED) is 0.257. The Bertz CT molecular complexity index is 720. The summed E-state index contributed by atoms with van der Waals surface area (Å²) >= 11 is 0. The average Bonchev–Trinajstić information content (AvgIpc) is 2.86. The molecule has 2 aliphatic rings. The molecule has 1 spiro atoms. The summed E-state index contributed by atoms with van der Waals surface area (Å²) in [6, 6.07) is 3.85. The van der Waals surface area contributed by atoms with E-state index in [-0.39, 0.29) is 38.0 Å². The highest BCUT2D eigenvalue weighted by atomic mass is 16.5. The number of amides is 1. The van der Waals surface area contributed by atoms with Gasteiger partial charge in [-0.05, 0) is 43.4 Å². The van der Waals surface area contributed by atoms with Crippen molar-refractivity contribution < 1.29 is 35.1 Å². The maximum atomic E-state index is 12.5. The number of hydrogen-bond acceptors (Lipinski definition) is 9. The van der Waals surface area contributed by atoms with Gasteiger partial charge in [0.2, 0.25) is 5.91 Å². The van der Waals surface area contributed by atoms with E-state index in [9.17, 15) is 30.3 Å². The number of aromatic hydroxyl groups is 1. The lowest BCUT2D eigenvalue weighted by Crippen LogP contribution is -2.71. The van der Waals surface area contributed by atoms with E-state index in [2.05, 4.69) is 5.32 Å². The van der Waals surface area contributed by atoms with Crippen LogP contribution in [0.2, 0.25) is 0 Å². The van der Waals surface area contributed by atoms with Crippen molar-refractivity contribution in [3.8, 4) is 5.75 Å². The summed E-state index contributed by atoms with van der Waals surface area (Å²) in [6.07, 6.45) is -4.21. The van der Waals surface area contributed by atoms with E-state index in [4.69, 9.17) is 16.2 Å². The van der Waals surface area contributed by atoms with Crippen LogP contribution in [0.3, 0.4) is 0 Å². The second-order valence-corrected chi connectivity index (χ2v) is 8.31. The molecule has 0 bridgehead atoms. The van der Waals surface area contributed by atoms with Gasteiger partial charge >= 0.3 is 0 Å². The Morgan fingerprint density at radius 3 is 2.53 bits per heavy atom. The Hall–Kier alpha value is -1.79. The zero-order valence-corrected chi connectivity index (χ0v) is 16.6. The van der Waals surface area contributed by atoms with Gasteiger partial charge in [-0.1, -0.05) is 12.1 Å². The Morgan fingerprint density at radius 1 is 1.20 bits per heavy atom. The van der Waals surface area contributed by atoms with Crippen LogP contribution in [0.25, 0.3) is 0 Å². The van der Waals surface area contributed by atoms with E-state index in [1.54, 1.807) is 12.1 Å². The molecule has 168 valence electrons. The summed E-state index contributed by atoms with van der Waals surface area (Å²) in [4.78, 5) is 12.5. The molecule has 10 N–H and O–H groups in total. The topological polar surface area (TPSA) is 192 Å². The van der Waals surface area contributed by atoms with Gasteiger partial charge in [0.25, 0.3) is 0 Å². The van der Waals surface area contributed by atoms with Crippen LogP contribution in [0.15, 0.2) is 24.3 Å². The molecule has 1 saturated heterocycles. The van der Waals surface area contributed by atoms with Crippen molar-refractivity contribution in [1.82, 2.24) is 5.32 Å². The molecule has 2 fully saturated rings. The van der Waals surface area contributed by atoms with Gasteiger partial charge in [0.1, 0.15) is 29.7 Å². The monoisotopic (exact) mass is 425 g/mol. The molecule has 10 nitrogen and oxygen atoms in total. The number of nitrogens with one attached hydrogen (secondary N) is 1. The lowest BCUT2D eigenvalue weighted by Gasteiger charge is -2.50. The highest BCUT2D eigenvalue weighted by Gasteiger charge is 2.55. The minimum atomic E-state index is -1.42. The highest BCUT2D eigenvalue weighted by molar-refractivity contribution is 5.82. The Kier molecular flexibility index (Phi) is 6.98. The minimum Gasteiger partial charge on any atom is -0.508 e. The molecule has 1 saturated carbocycles. The number of hydrogen-bond donors (Lipinski definition) is 8. The first kappa shape index (κ1) is 22.9. The molecular formula is C20H31N3O7. The summed E-state index contributed by atoms with van der Waals surface area (Å²) in [6.45, 7) is -0.215. The molecule has 30 heavy (non-hydrogen) atoms. The highest BCUT2D eigenvalue weighted by Crippen LogP contribution is 2.38. The van der Waals surface area contributed by atoms with Gasteiger partial charge < -0.3 is 47.1 Å². The number of benzene rings is 1. The minimum absolute atomic E-state index is 0.111. The van der Waals surface area contributed by atoms with Crippen molar-refractivity contribution in [1.29, 1.82) is 0 Å². The number of carbonyl (C=O) groups excluding carboxylic acids is 1. The second-order valence-electron chi connectivity index (χ2n) is 8.31. The lowest BCUT2D eigenvalue weighted by atomic mass is 9.71. The molecule has 1 heterocycles. The van der Waals surface area contributed by atoms with Crippen LogP contribution in [0.4, 0.5) is 0 Å². The van der Waals surface area contributed by atoms with Crippen molar-refractivity contribution in [3.63, 3.8) is 0 Å². The number of nitrogens with two attached hydrogens (primary N) is 2. The summed E-state index contributed by atoms with van der Waals surface area (Å²) < 4.78 is 5.70. The van der Waals surface area contributed by atoms with E-state index >= 15 is 0 Å². The number of aliphatic hydroxyl groups excluding tert-OH is 4. The van der Waals surface area contributed by atoms with Crippen molar-refractivity contribution in [2.45, 2.75) is 73.8 Å². The van der Waals surface area contributed by atoms with Crippen LogP contribution >= 0.6 is 0 Å². The number of carbonyl (C=O) groups is 1. The predicted molar refractivity (Wildman–Crippen MR) is 106 cm³/mol. The molecule has 0 radical (unpaired) electrons.